The Hall–Kier alpha value is -2.38. The average molecular weight is 394 g/mol. The molecule has 0 amide bonds. The second-order valence-corrected chi connectivity index (χ2v) is 6.83. The average Bonchev–Trinajstić information content (AvgIpc) is 3.09. The molecule has 1 aliphatic rings. The summed E-state index contributed by atoms with van der Waals surface area (Å²) >= 11 is 5.90. The maximum Gasteiger partial charge on any atom is 0.451 e. The Morgan fingerprint density at radius 2 is 1.89 bits per heavy atom. The van der Waals surface area contributed by atoms with Crippen molar-refractivity contribution < 1.29 is 17.6 Å². The normalized spacial score (nSPS) is 15.0. The molecule has 0 atom stereocenters. The molecule has 0 unspecified atom stereocenters. The zero-order valence-electron chi connectivity index (χ0n) is 14.1. The van der Waals surface area contributed by atoms with E-state index in [-0.39, 0.29) is 0 Å². The van der Waals surface area contributed by atoms with Gasteiger partial charge < -0.3 is 4.42 Å². The van der Waals surface area contributed by atoms with Crippen LogP contribution in [0.4, 0.5) is 13.2 Å². The lowest BCUT2D eigenvalue weighted by Crippen LogP contribution is -2.31. The van der Waals surface area contributed by atoms with Gasteiger partial charge in [0.1, 0.15) is 11.5 Å². The van der Waals surface area contributed by atoms with Crippen LogP contribution in [-0.4, -0.2) is 21.4 Å². The Morgan fingerprint density at radius 3 is 2.63 bits per heavy atom. The van der Waals surface area contributed by atoms with Crippen LogP contribution in [0.1, 0.15) is 22.8 Å². The maximum absolute atomic E-state index is 12.7. The molecule has 4 nitrogen and oxygen atoms in total. The van der Waals surface area contributed by atoms with Crippen LogP contribution in [0.5, 0.6) is 0 Å². The molecule has 3 aromatic rings. The molecule has 27 heavy (non-hydrogen) atoms. The minimum Gasteiger partial charge on any atom is -0.460 e. The van der Waals surface area contributed by atoms with E-state index in [0.717, 1.165) is 22.6 Å². The molecular formula is C19H15ClF3N3O. The lowest BCUT2D eigenvalue weighted by Gasteiger charge is -2.27. The Labute approximate surface area is 158 Å². The van der Waals surface area contributed by atoms with Crippen molar-refractivity contribution in [3.05, 3.63) is 70.5 Å². The van der Waals surface area contributed by atoms with Crippen molar-refractivity contribution in [2.75, 3.05) is 6.54 Å². The van der Waals surface area contributed by atoms with Gasteiger partial charge in [0.05, 0.1) is 12.2 Å². The molecule has 3 heterocycles. The highest BCUT2D eigenvalue weighted by Crippen LogP contribution is 2.29. The van der Waals surface area contributed by atoms with Crippen LogP contribution in [0.15, 0.2) is 47.0 Å². The standard InChI is InChI=1S/C19H15ClF3N3O/c20-14-3-1-12(2-4-14)17-6-5-15(27-17)11-26-8-7-16-13(10-26)9-24-18(25-16)19(21,22)23/h1-6,9H,7-8,10-11H2. The van der Waals surface area contributed by atoms with Crippen LogP contribution in [0, 0.1) is 0 Å². The first kappa shape index (κ1) is 18.0. The van der Waals surface area contributed by atoms with Crippen LogP contribution in [0.2, 0.25) is 5.02 Å². The number of alkyl halides is 3. The minimum absolute atomic E-state index is 0.450. The van der Waals surface area contributed by atoms with Crippen LogP contribution in [0.3, 0.4) is 0 Å². The van der Waals surface area contributed by atoms with Gasteiger partial charge in [0.2, 0.25) is 5.82 Å². The molecule has 1 aliphatic heterocycles. The van der Waals surface area contributed by atoms with E-state index in [1.165, 1.54) is 6.20 Å². The highest BCUT2D eigenvalue weighted by atomic mass is 35.5. The highest BCUT2D eigenvalue weighted by molar-refractivity contribution is 6.30. The van der Waals surface area contributed by atoms with Gasteiger partial charge in [0.25, 0.3) is 0 Å². The summed E-state index contributed by atoms with van der Waals surface area (Å²) in [6.07, 6.45) is -2.79. The molecule has 0 fully saturated rings. The molecule has 0 spiro atoms. The van der Waals surface area contributed by atoms with E-state index in [4.69, 9.17) is 16.0 Å². The van der Waals surface area contributed by atoms with Crippen molar-refractivity contribution in [3.63, 3.8) is 0 Å². The van der Waals surface area contributed by atoms with Crippen molar-refractivity contribution in [2.45, 2.75) is 25.7 Å². The summed E-state index contributed by atoms with van der Waals surface area (Å²) in [7, 11) is 0. The topological polar surface area (TPSA) is 42.2 Å². The Bertz CT molecular complexity index is 954. The van der Waals surface area contributed by atoms with Gasteiger partial charge in [0.15, 0.2) is 0 Å². The lowest BCUT2D eigenvalue weighted by molar-refractivity contribution is -0.145. The van der Waals surface area contributed by atoms with E-state index >= 15 is 0 Å². The van der Waals surface area contributed by atoms with E-state index in [1.54, 1.807) is 12.1 Å². The van der Waals surface area contributed by atoms with Crippen molar-refractivity contribution in [3.8, 4) is 11.3 Å². The molecule has 1 aromatic carbocycles. The zero-order chi connectivity index (χ0) is 19.0. The summed E-state index contributed by atoms with van der Waals surface area (Å²) in [6.45, 7) is 1.66. The number of nitrogens with zero attached hydrogens (tertiary/aromatic N) is 3. The number of halogens is 4. The first-order chi connectivity index (χ1) is 12.9. The molecule has 0 aliphatic carbocycles. The summed E-state index contributed by atoms with van der Waals surface area (Å²) in [5.74, 6) is 0.460. The molecule has 0 saturated heterocycles. The SMILES string of the molecule is FC(F)(F)c1ncc2c(n1)CCN(Cc1ccc(-c3ccc(Cl)cc3)o1)C2. The molecule has 4 rings (SSSR count). The number of hydrogen-bond acceptors (Lipinski definition) is 4. The predicted octanol–water partition coefficient (Wildman–Crippen LogP) is 4.97. The fourth-order valence-electron chi connectivity index (χ4n) is 3.10. The summed E-state index contributed by atoms with van der Waals surface area (Å²) in [6, 6.07) is 11.2. The van der Waals surface area contributed by atoms with Crippen LogP contribution >= 0.6 is 11.6 Å². The molecule has 0 saturated carbocycles. The van der Waals surface area contributed by atoms with Gasteiger partial charge >= 0.3 is 6.18 Å². The summed E-state index contributed by atoms with van der Waals surface area (Å²) < 4.78 is 44.1. The second kappa shape index (κ2) is 6.98. The van der Waals surface area contributed by atoms with Crippen molar-refractivity contribution in [1.82, 2.24) is 14.9 Å². The quantitative estimate of drug-likeness (QED) is 0.630. The number of benzene rings is 1. The largest absolute Gasteiger partial charge is 0.460 e. The lowest BCUT2D eigenvalue weighted by atomic mass is 10.1. The monoisotopic (exact) mass is 393 g/mol. The van der Waals surface area contributed by atoms with E-state index in [0.29, 0.717) is 36.8 Å². The minimum atomic E-state index is -4.52. The smallest absolute Gasteiger partial charge is 0.451 e. The summed E-state index contributed by atoms with van der Waals surface area (Å²) in [5, 5.41) is 0.661. The summed E-state index contributed by atoms with van der Waals surface area (Å²) in [5.41, 5.74) is 2.12. The molecule has 0 N–H and O–H groups in total. The van der Waals surface area contributed by atoms with Crippen LogP contribution in [0.25, 0.3) is 11.3 Å². The second-order valence-electron chi connectivity index (χ2n) is 6.40. The zero-order valence-corrected chi connectivity index (χ0v) is 14.9. The third kappa shape index (κ3) is 3.99. The van der Waals surface area contributed by atoms with Crippen molar-refractivity contribution in [1.29, 1.82) is 0 Å². The molecule has 2 aromatic heterocycles. The van der Waals surface area contributed by atoms with E-state index in [1.807, 2.05) is 24.3 Å². The third-order valence-electron chi connectivity index (χ3n) is 4.44. The number of fused-ring (bicyclic) bond motifs is 1. The first-order valence-corrected chi connectivity index (χ1v) is 8.75. The van der Waals surface area contributed by atoms with E-state index in [2.05, 4.69) is 14.9 Å². The molecule has 140 valence electrons. The number of hydrogen-bond donors (Lipinski definition) is 0. The van der Waals surface area contributed by atoms with Crippen LogP contribution < -0.4 is 0 Å². The number of aromatic nitrogens is 2. The fourth-order valence-corrected chi connectivity index (χ4v) is 3.22. The van der Waals surface area contributed by atoms with Gasteiger partial charge in [-0.2, -0.15) is 13.2 Å². The predicted molar refractivity (Wildman–Crippen MR) is 94.0 cm³/mol. The van der Waals surface area contributed by atoms with Crippen molar-refractivity contribution >= 4 is 11.6 Å². The van der Waals surface area contributed by atoms with Crippen molar-refractivity contribution in [2.24, 2.45) is 0 Å². The number of rotatable bonds is 3. The fraction of sp³-hybridized carbons (Fsp3) is 0.263. The third-order valence-corrected chi connectivity index (χ3v) is 4.69. The molecular weight excluding hydrogens is 379 g/mol. The Morgan fingerprint density at radius 1 is 1.11 bits per heavy atom. The van der Waals surface area contributed by atoms with E-state index in [9.17, 15) is 13.2 Å². The first-order valence-electron chi connectivity index (χ1n) is 8.37. The van der Waals surface area contributed by atoms with Gasteiger partial charge in [-0.15, -0.1) is 0 Å². The van der Waals surface area contributed by atoms with Gasteiger partial charge in [-0.05, 0) is 36.4 Å². The maximum atomic E-state index is 12.7. The highest BCUT2D eigenvalue weighted by Gasteiger charge is 2.35. The van der Waals surface area contributed by atoms with Gasteiger partial charge in [-0.25, -0.2) is 9.97 Å². The van der Waals surface area contributed by atoms with Gasteiger partial charge in [-0.1, -0.05) is 11.6 Å². The molecule has 0 radical (unpaired) electrons. The molecule has 8 heteroatoms. The number of furan rings is 1. The summed E-state index contributed by atoms with van der Waals surface area (Å²) in [4.78, 5) is 9.24. The Balaban J connectivity index is 1.45. The Kier molecular flexibility index (Phi) is 4.65. The van der Waals surface area contributed by atoms with Crippen LogP contribution in [-0.2, 0) is 25.7 Å². The molecule has 0 bridgehead atoms. The van der Waals surface area contributed by atoms with Gasteiger partial charge in [-0.3, -0.25) is 4.90 Å². The van der Waals surface area contributed by atoms with E-state index < -0.39 is 12.0 Å². The van der Waals surface area contributed by atoms with Gasteiger partial charge in [0, 0.05) is 41.9 Å².